The van der Waals surface area contributed by atoms with E-state index in [-0.39, 0.29) is 12.6 Å². The van der Waals surface area contributed by atoms with E-state index in [0.717, 1.165) is 37.3 Å². The van der Waals surface area contributed by atoms with E-state index >= 15 is 0 Å². The van der Waals surface area contributed by atoms with Gasteiger partial charge in [-0.15, -0.1) is 0 Å². The van der Waals surface area contributed by atoms with Crippen molar-refractivity contribution in [2.45, 2.75) is 52.1 Å². The molecule has 2 N–H and O–H groups in total. The highest BCUT2D eigenvalue weighted by Crippen LogP contribution is 2.12. The molecule has 0 amide bonds. The smallest absolute Gasteiger partial charge is 0.251 e. The molecule has 0 spiro atoms. The molecular formula is C19H31F2N5O. The average Bonchev–Trinajstić information content (AvgIpc) is 2.66. The maximum Gasteiger partial charge on any atom is 0.251 e. The summed E-state index contributed by atoms with van der Waals surface area (Å²) in [5, 5.41) is 6.66. The highest BCUT2D eigenvalue weighted by Gasteiger charge is 2.21. The molecule has 0 aromatic carbocycles. The van der Waals surface area contributed by atoms with Crippen LogP contribution in [-0.2, 0) is 6.54 Å². The molecule has 1 saturated heterocycles. The maximum absolute atomic E-state index is 12.5. The van der Waals surface area contributed by atoms with Gasteiger partial charge in [-0.05, 0) is 31.7 Å². The van der Waals surface area contributed by atoms with Gasteiger partial charge in [0.2, 0.25) is 5.88 Å². The molecule has 1 aromatic rings. The molecule has 0 radical (unpaired) electrons. The van der Waals surface area contributed by atoms with Gasteiger partial charge in [-0.2, -0.15) is 0 Å². The van der Waals surface area contributed by atoms with Gasteiger partial charge in [0.25, 0.3) is 6.43 Å². The lowest BCUT2D eigenvalue weighted by Gasteiger charge is -2.32. The second-order valence-corrected chi connectivity index (χ2v) is 6.66. The number of guanidine groups is 1. The van der Waals surface area contributed by atoms with Crippen molar-refractivity contribution in [3.05, 3.63) is 23.9 Å². The molecule has 8 heteroatoms. The number of aromatic nitrogens is 1. The fourth-order valence-electron chi connectivity index (χ4n) is 2.94. The zero-order chi connectivity index (χ0) is 19.5. The summed E-state index contributed by atoms with van der Waals surface area (Å²) in [6, 6.07) is 4.08. The molecular weight excluding hydrogens is 352 g/mol. The number of ether oxygens (including phenoxy) is 1. The number of aliphatic imine (C=N–C) groups is 1. The molecule has 1 aliphatic rings. The Hall–Kier alpha value is -1.96. The van der Waals surface area contributed by atoms with Gasteiger partial charge >= 0.3 is 0 Å². The SMILES string of the molecule is CCCOc1ccc(CN=C(NCC)NC2CCN(CC(F)F)CC2)cn1. The van der Waals surface area contributed by atoms with E-state index in [1.807, 2.05) is 24.0 Å². The molecule has 1 aliphatic heterocycles. The molecule has 2 rings (SSSR count). The molecule has 0 bridgehead atoms. The summed E-state index contributed by atoms with van der Waals surface area (Å²) in [7, 11) is 0. The summed E-state index contributed by atoms with van der Waals surface area (Å²) < 4.78 is 30.4. The Balaban J connectivity index is 1.83. The fraction of sp³-hybridized carbons (Fsp3) is 0.684. The third-order valence-corrected chi connectivity index (χ3v) is 4.34. The minimum Gasteiger partial charge on any atom is -0.478 e. The van der Waals surface area contributed by atoms with Crippen molar-refractivity contribution in [1.29, 1.82) is 0 Å². The van der Waals surface area contributed by atoms with Crippen LogP contribution in [0.25, 0.3) is 0 Å². The Kier molecular flexibility index (Phi) is 9.24. The summed E-state index contributed by atoms with van der Waals surface area (Å²) >= 11 is 0. The molecule has 0 atom stereocenters. The first kappa shape index (κ1) is 21.3. The number of halogens is 2. The number of nitrogens with zero attached hydrogens (tertiary/aromatic N) is 3. The second kappa shape index (κ2) is 11.7. The monoisotopic (exact) mass is 383 g/mol. The summed E-state index contributed by atoms with van der Waals surface area (Å²) in [5.41, 5.74) is 1.00. The number of nitrogens with one attached hydrogen (secondary N) is 2. The van der Waals surface area contributed by atoms with Crippen LogP contribution in [0.1, 0.15) is 38.7 Å². The zero-order valence-electron chi connectivity index (χ0n) is 16.3. The normalized spacial score (nSPS) is 16.6. The van der Waals surface area contributed by atoms with Crippen LogP contribution >= 0.6 is 0 Å². The molecule has 2 heterocycles. The Morgan fingerprint density at radius 2 is 2.11 bits per heavy atom. The van der Waals surface area contributed by atoms with E-state index in [1.165, 1.54) is 0 Å². The second-order valence-electron chi connectivity index (χ2n) is 6.66. The molecule has 1 aromatic heterocycles. The molecule has 0 aliphatic carbocycles. The van der Waals surface area contributed by atoms with Crippen molar-refractivity contribution in [2.75, 3.05) is 32.8 Å². The Morgan fingerprint density at radius 1 is 1.33 bits per heavy atom. The van der Waals surface area contributed by atoms with Gasteiger partial charge in [-0.25, -0.2) is 18.8 Å². The third-order valence-electron chi connectivity index (χ3n) is 4.34. The van der Waals surface area contributed by atoms with Crippen LogP contribution in [0.5, 0.6) is 5.88 Å². The molecule has 152 valence electrons. The standard InChI is InChI=1S/C19H31F2N5O/c1-3-11-27-18-6-5-15(12-23-18)13-24-19(22-4-2)25-16-7-9-26(10-8-16)14-17(20)21/h5-6,12,16-17H,3-4,7-11,13-14H2,1-2H3,(H2,22,24,25). The van der Waals surface area contributed by atoms with Crippen LogP contribution in [0.2, 0.25) is 0 Å². The van der Waals surface area contributed by atoms with Gasteiger partial charge in [0.1, 0.15) is 0 Å². The number of pyridine rings is 1. The topological polar surface area (TPSA) is 61.8 Å². The van der Waals surface area contributed by atoms with Crippen LogP contribution < -0.4 is 15.4 Å². The number of alkyl halides is 2. The Labute approximate surface area is 160 Å². The van der Waals surface area contributed by atoms with E-state index < -0.39 is 6.43 Å². The highest BCUT2D eigenvalue weighted by molar-refractivity contribution is 5.80. The van der Waals surface area contributed by atoms with Gasteiger partial charge in [0.05, 0.1) is 19.7 Å². The van der Waals surface area contributed by atoms with Gasteiger partial charge in [-0.1, -0.05) is 13.0 Å². The number of hydrogen-bond acceptors (Lipinski definition) is 4. The minimum absolute atomic E-state index is 0.133. The van der Waals surface area contributed by atoms with E-state index in [0.29, 0.717) is 32.1 Å². The van der Waals surface area contributed by atoms with Gasteiger partial charge in [0.15, 0.2) is 5.96 Å². The Bertz CT molecular complexity index is 560. The van der Waals surface area contributed by atoms with Crippen molar-refractivity contribution in [3.63, 3.8) is 0 Å². The number of likely N-dealkylation sites (tertiary alicyclic amines) is 1. The minimum atomic E-state index is -2.26. The first-order valence-corrected chi connectivity index (χ1v) is 9.73. The molecule has 0 unspecified atom stereocenters. The zero-order valence-corrected chi connectivity index (χ0v) is 16.3. The fourth-order valence-corrected chi connectivity index (χ4v) is 2.94. The van der Waals surface area contributed by atoms with Crippen molar-refractivity contribution in [3.8, 4) is 5.88 Å². The highest BCUT2D eigenvalue weighted by atomic mass is 19.3. The summed E-state index contributed by atoms with van der Waals surface area (Å²) in [4.78, 5) is 10.7. The van der Waals surface area contributed by atoms with Crippen molar-refractivity contribution in [2.24, 2.45) is 4.99 Å². The maximum atomic E-state index is 12.5. The van der Waals surface area contributed by atoms with Crippen molar-refractivity contribution < 1.29 is 13.5 Å². The van der Waals surface area contributed by atoms with Crippen LogP contribution in [0.4, 0.5) is 8.78 Å². The molecule has 1 fully saturated rings. The van der Waals surface area contributed by atoms with Crippen LogP contribution in [0.15, 0.2) is 23.3 Å². The number of piperidine rings is 1. The summed E-state index contributed by atoms with van der Waals surface area (Å²) in [6.07, 6.45) is 2.14. The van der Waals surface area contributed by atoms with Crippen LogP contribution in [0.3, 0.4) is 0 Å². The van der Waals surface area contributed by atoms with Crippen molar-refractivity contribution >= 4 is 5.96 Å². The van der Waals surface area contributed by atoms with Crippen LogP contribution in [-0.4, -0.2) is 61.1 Å². The number of rotatable bonds is 9. The lowest BCUT2D eigenvalue weighted by atomic mass is 10.1. The van der Waals surface area contributed by atoms with Gasteiger partial charge in [0, 0.05) is 37.9 Å². The lowest BCUT2D eigenvalue weighted by molar-refractivity contribution is 0.0744. The first-order valence-electron chi connectivity index (χ1n) is 9.73. The molecule has 0 saturated carbocycles. The summed E-state index contributed by atoms with van der Waals surface area (Å²) in [5.74, 6) is 1.38. The van der Waals surface area contributed by atoms with E-state index in [1.54, 1.807) is 6.20 Å². The number of hydrogen-bond donors (Lipinski definition) is 2. The van der Waals surface area contributed by atoms with E-state index in [4.69, 9.17) is 4.74 Å². The predicted octanol–water partition coefficient (Wildman–Crippen LogP) is 2.66. The van der Waals surface area contributed by atoms with Gasteiger partial charge < -0.3 is 15.4 Å². The summed E-state index contributed by atoms with van der Waals surface area (Å²) in [6.45, 7) is 7.25. The first-order chi connectivity index (χ1) is 13.1. The van der Waals surface area contributed by atoms with Crippen LogP contribution in [0, 0.1) is 0 Å². The molecule has 27 heavy (non-hydrogen) atoms. The largest absolute Gasteiger partial charge is 0.478 e. The predicted molar refractivity (Wildman–Crippen MR) is 103 cm³/mol. The van der Waals surface area contributed by atoms with E-state index in [2.05, 4.69) is 27.5 Å². The molecule has 6 nitrogen and oxygen atoms in total. The average molecular weight is 383 g/mol. The van der Waals surface area contributed by atoms with Crippen molar-refractivity contribution in [1.82, 2.24) is 20.5 Å². The van der Waals surface area contributed by atoms with Gasteiger partial charge in [-0.3, -0.25) is 4.90 Å². The quantitative estimate of drug-likeness (QED) is 0.507. The third kappa shape index (κ3) is 8.07. The lowest BCUT2D eigenvalue weighted by Crippen LogP contribution is -2.49. The van der Waals surface area contributed by atoms with E-state index in [9.17, 15) is 8.78 Å². The Morgan fingerprint density at radius 3 is 2.70 bits per heavy atom.